The summed E-state index contributed by atoms with van der Waals surface area (Å²) >= 11 is 0. The summed E-state index contributed by atoms with van der Waals surface area (Å²) in [5, 5.41) is 15.2. The number of aliphatic hydroxyl groups excluding tert-OH is 1. The van der Waals surface area contributed by atoms with Crippen molar-refractivity contribution in [2.75, 3.05) is 13.1 Å². The lowest BCUT2D eigenvalue weighted by molar-refractivity contribution is -0.120. The van der Waals surface area contributed by atoms with Crippen molar-refractivity contribution in [2.45, 2.75) is 31.9 Å². The Labute approximate surface area is 115 Å². The molecule has 19 heavy (non-hydrogen) atoms. The third-order valence-corrected chi connectivity index (χ3v) is 2.75. The number of carbonyl (C=O) groups is 1. The maximum absolute atomic E-state index is 11.8. The van der Waals surface area contributed by atoms with Gasteiger partial charge in [0.25, 0.3) is 0 Å². The van der Waals surface area contributed by atoms with Crippen LogP contribution in [0.15, 0.2) is 30.3 Å². The summed E-state index contributed by atoms with van der Waals surface area (Å²) < 4.78 is 0. The fraction of sp³-hybridized carbons (Fsp3) is 0.467. The lowest BCUT2D eigenvalue weighted by Crippen LogP contribution is -2.51. The van der Waals surface area contributed by atoms with Gasteiger partial charge in [-0.1, -0.05) is 30.3 Å². The molecule has 4 heteroatoms. The zero-order valence-electron chi connectivity index (χ0n) is 11.6. The van der Waals surface area contributed by atoms with E-state index in [9.17, 15) is 4.79 Å². The Hall–Kier alpha value is -1.39. The van der Waals surface area contributed by atoms with E-state index in [1.807, 2.05) is 44.2 Å². The smallest absolute Gasteiger partial charge is 0.224 e. The highest BCUT2D eigenvalue weighted by atomic mass is 16.3. The Morgan fingerprint density at radius 1 is 1.37 bits per heavy atom. The third-order valence-electron chi connectivity index (χ3n) is 2.75. The minimum atomic E-state index is -0.640. The maximum Gasteiger partial charge on any atom is 0.224 e. The second kappa shape index (κ2) is 7.26. The number of β-amino-alcohol motifs (C(OH)–C–C–N with tert-alkyl or cyclic N) is 1. The van der Waals surface area contributed by atoms with Crippen LogP contribution in [0.5, 0.6) is 0 Å². The molecule has 0 fully saturated rings. The molecular weight excluding hydrogens is 240 g/mol. The van der Waals surface area contributed by atoms with Crippen molar-refractivity contribution in [1.82, 2.24) is 10.6 Å². The monoisotopic (exact) mass is 263 g/mol. The van der Waals surface area contributed by atoms with Crippen LogP contribution in [-0.4, -0.2) is 35.7 Å². The summed E-state index contributed by atoms with van der Waals surface area (Å²) in [7, 11) is 0. The molecule has 1 aromatic rings. The van der Waals surface area contributed by atoms with Crippen LogP contribution in [-0.2, 0) is 11.2 Å². The van der Waals surface area contributed by atoms with Gasteiger partial charge in [-0.05, 0) is 26.3 Å². The molecule has 0 aliphatic rings. The average Bonchev–Trinajstić information content (AvgIpc) is 2.36. The third kappa shape index (κ3) is 6.94. The van der Waals surface area contributed by atoms with Crippen LogP contribution in [0, 0.1) is 6.92 Å². The second-order valence-corrected chi connectivity index (χ2v) is 5.36. The highest BCUT2D eigenvalue weighted by Crippen LogP contribution is 2.02. The van der Waals surface area contributed by atoms with Gasteiger partial charge >= 0.3 is 0 Å². The lowest BCUT2D eigenvalue weighted by atomic mass is 10.0. The first-order chi connectivity index (χ1) is 8.89. The molecule has 1 amide bonds. The molecule has 0 aliphatic heterocycles. The van der Waals surface area contributed by atoms with Gasteiger partial charge in [0.05, 0.1) is 12.5 Å². The average molecular weight is 263 g/mol. The summed E-state index contributed by atoms with van der Waals surface area (Å²) in [6.07, 6.45) is -0.256. The molecule has 1 unspecified atom stereocenters. The van der Waals surface area contributed by atoms with Crippen LogP contribution >= 0.6 is 0 Å². The summed E-state index contributed by atoms with van der Waals surface area (Å²) in [4.78, 5) is 11.8. The zero-order valence-corrected chi connectivity index (χ0v) is 11.6. The quantitative estimate of drug-likeness (QED) is 0.685. The van der Waals surface area contributed by atoms with E-state index in [1.54, 1.807) is 0 Å². The molecule has 0 saturated carbocycles. The summed E-state index contributed by atoms with van der Waals surface area (Å²) in [6, 6.07) is 9.64. The van der Waals surface area contributed by atoms with E-state index in [-0.39, 0.29) is 11.4 Å². The van der Waals surface area contributed by atoms with Gasteiger partial charge in [-0.3, -0.25) is 4.79 Å². The number of aliphatic hydroxyl groups is 1. The molecule has 0 aromatic heterocycles. The first kappa shape index (κ1) is 15.7. The van der Waals surface area contributed by atoms with Gasteiger partial charge in [-0.2, -0.15) is 0 Å². The Morgan fingerprint density at radius 2 is 2.00 bits per heavy atom. The van der Waals surface area contributed by atoms with Crippen LogP contribution in [0.2, 0.25) is 0 Å². The van der Waals surface area contributed by atoms with Crippen molar-refractivity contribution in [3.63, 3.8) is 0 Å². The molecule has 0 aliphatic carbocycles. The van der Waals surface area contributed by atoms with E-state index >= 15 is 0 Å². The van der Waals surface area contributed by atoms with Crippen molar-refractivity contribution in [3.8, 4) is 0 Å². The highest BCUT2D eigenvalue weighted by Gasteiger charge is 2.18. The first-order valence-corrected chi connectivity index (χ1v) is 6.46. The van der Waals surface area contributed by atoms with Gasteiger partial charge < -0.3 is 15.7 Å². The standard InChI is InChI=1S/C15H23N2O2/c1-12(18)10-17-15(2,3)11-16-14(19)9-13-7-5-4-6-8-13/h4-8,12,17-18H,1,9-11H2,2-3H3,(H,16,19). The van der Waals surface area contributed by atoms with E-state index in [4.69, 9.17) is 5.11 Å². The molecule has 4 nitrogen and oxygen atoms in total. The minimum absolute atomic E-state index is 0.00348. The summed E-state index contributed by atoms with van der Waals surface area (Å²) in [5.41, 5.74) is 0.726. The topological polar surface area (TPSA) is 61.4 Å². The van der Waals surface area contributed by atoms with E-state index < -0.39 is 6.10 Å². The molecule has 1 aromatic carbocycles. The molecule has 0 bridgehead atoms. The number of carbonyl (C=O) groups excluding carboxylic acids is 1. The van der Waals surface area contributed by atoms with Gasteiger partial charge in [-0.15, -0.1) is 0 Å². The van der Waals surface area contributed by atoms with Gasteiger partial charge in [0.15, 0.2) is 0 Å². The molecule has 0 spiro atoms. The normalized spacial score (nSPS) is 13.1. The maximum atomic E-state index is 11.8. The van der Waals surface area contributed by atoms with Crippen molar-refractivity contribution >= 4 is 5.91 Å². The number of hydrogen-bond acceptors (Lipinski definition) is 3. The molecular formula is C15H23N2O2. The Balaban J connectivity index is 2.33. The van der Waals surface area contributed by atoms with E-state index in [2.05, 4.69) is 17.6 Å². The van der Waals surface area contributed by atoms with Crippen LogP contribution in [0.1, 0.15) is 19.4 Å². The predicted molar refractivity (Wildman–Crippen MR) is 76.6 cm³/mol. The number of rotatable bonds is 7. The highest BCUT2D eigenvalue weighted by molar-refractivity contribution is 5.78. The largest absolute Gasteiger partial charge is 0.392 e. The van der Waals surface area contributed by atoms with Crippen LogP contribution < -0.4 is 10.6 Å². The summed E-state index contributed by atoms with van der Waals surface area (Å²) in [5.74, 6) is -0.00348. The van der Waals surface area contributed by atoms with Crippen LogP contribution in [0.25, 0.3) is 0 Å². The molecule has 0 saturated heterocycles. The second-order valence-electron chi connectivity index (χ2n) is 5.36. The number of nitrogens with one attached hydrogen (secondary N) is 2. The Bertz CT molecular complexity index is 388. The lowest BCUT2D eigenvalue weighted by Gasteiger charge is -2.27. The molecule has 0 heterocycles. The molecule has 3 N–H and O–H groups in total. The number of hydrogen-bond donors (Lipinski definition) is 3. The SMILES string of the molecule is [CH2]C(O)CNC(C)(C)CNC(=O)Cc1ccccc1. The van der Waals surface area contributed by atoms with E-state index in [0.717, 1.165) is 5.56 Å². The molecule has 1 radical (unpaired) electrons. The predicted octanol–water partition coefficient (Wildman–Crippen LogP) is 0.908. The Morgan fingerprint density at radius 3 is 2.58 bits per heavy atom. The van der Waals surface area contributed by atoms with Crippen molar-refractivity contribution in [2.24, 2.45) is 0 Å². The zero-order chi connectivity index (χ0) is 14.3. The number of amides is 1. The van der Waals surface area contributed by atoms with Gasteiger partial charge in [-0.25, -0.2) is 0 Å². The van der Waals surface area contributed by atoms with Crippen LogP contribution in [0.4, 0.5) is 0 Å². The van der Waals surface area contributed by atoms with Gasteiger partial charge in [0.2, 0.25) is 5.91 Å². The van der Waals surface area contributed by atoms with E-state index in [1.165, 1.54) is 0 Å². The van der Waals surface area contributed by atoms with Crippen LogP contribution in [0.3, 0.4) is 0 Å². The summed E-state index contributed by atoms with van der Waals surface area (Å²) in [6.45, 7) is 8.35. The molecule has 105 valence electrons. The minimum Gasteiger partial charge on any atom is -0.392 e. The van der Waals surface area contributed by atoms with Gasteiger partial charge in [0.1, 0.15) is 0 Å². The van der Waals surface area contributed by atoms with Crippen molar-refractivity contribution < 1.29 is 9.90 Å². The number of benzene rings is 1. The molecule has 1 atom stereocenters. The fourth-order valence-electron chi connectivity index (χ4n) is 1.62. The Kier molecular flexibility index (Phi) is 5.99. The van der Waals surface area contributed by atoms with Crippen molar-refractivity contribution in [3.05, 3.63) is 42.8 Å². The fourth-order valence-corrected chi connectivity index (χ4v) is 1.62. The van der Waals surface area contributed by atoms with Crippen molar-refractivity contribution in [1.29, 1.82) is 0 Å². The van der Waals surface area contributed by atoms with E-state index in [0.29, 0.717) is 19.5 Å². The first-order valence-electron chi connectivity index (χ1n) is 6.46. The van der Waals surface area contributed by atoms with Gasteiger partial charge in [0, 0.05) is 18.6 Å². The molecule has 1 rings (SSSR count).